The fourth-order valence-electron chi connectivity index (χ4n) is 4.00. The van der Waals surface area contributed by atoms with Crippen LogP contribution in [0.1, 0.15) is 39.0 Å². The van der Waals surface area contributed by atoms with Gasteiger partial charge in [0.05, 0.1) is 12.1 Å². The minimum Gasteiger partial charge on any atom is -0.478 e. The van der Waals surface area contributed by atoms with Gasteiger partial charge in [0, 0.05) is 18.5 Å². The molecule has 0 aromatic rings. The highest BCUT2D eigenvalue weighted by molar-refractivity contribution is 5.80. The second-order valence-electron chi connectivity index (χ2n) is 6.69. The first-order valence-corrected chi connectivity index (χ1v) is 8.53. The standard InChI is InChI=1S/C18H25NO4/c1-2-3-4-5-7-13-12-19(22)15-11-10-14(8-6-9-16(20)21)18(15)17(13)23-18/h6,8-11,13,15,17,22H,2-5,7,12H2,1H3,(H,20,21)/b9-6+,14-8+/t13-,15-,17+,18-/m0/s1. The monoisotopic (exact) mass is 319 g/mol. The van der Waals surface area contributed by atoms with E-state index in [1.807, 2.05) is 12.2 Å². The Morgan fingerprint density at radius 1 is 1.48 bits per heavy atom. The van der Waals surface area contributed by atoms with E-state index in [0.717, 1.165) is 18.1 Å². The number of hydroxylamine groups is 2. The molecule has 1 aliphatic carbocycles. The van der Waals surface area contributed by atoms with E-state index < -0.39 is 11.6 Å². The van der Waals surface area contributed by atoms with E-state index in [2.05, 4.69) is 6.92 Å². The first kappa shape index (κ1) is 16.4. The van der Waals surface area contributed by atoms with Crippen LogP contribution in [0.5, 0.6) is 0 Å². The molecule has 0 saturated carbocycles. The van der Waals surface area contributed by atoms with Crippen LogP contribution >= 0.6 is 0 Å². The van der Waals surface area contributed by atoms with Crippen molar-refractivity contribution in [3.63, 3.8) is 0 Å². The first-order chi connectivity index (χ1) is 11.1. The molecule has 0 bridgehead atoms. The van der Waals surface area contributed by atoms with Gasteiger partial charge in [0.1, 0.15) is 5.60 Å². The molecule has 2 N–H and O–H groups in total. The average molecular weight is 319 g/mol. The summed E-state index contributed by atoms with van der Waals surface area (Å²) in [4.78, 5) is 10.6. The number of nitrogens with zero attached hydrogens (tertiary/aromatic N) is 1. The number of epoxide rings is 1. The summed E-state index contributed by atoms with van der Waals surface area (Å²) in [7, 11) is 0. The van der Waals surface area contributed by atoms with Gasteiger partial charge in [-0.3, -0.25) is 0 Å². The van der Waals surface area contributed by atoms with E-state index in [1.54, 1.807) is 6.08 Å². The molecule has 2 heterocycles. The van der Waals surface area contributed by atoms with Gasteiger partial charge < -0.3 is 15.1 Å². The quantitative estimate of drug-likeness (QED) is 0.429. The number of unbranched alkanes of at least 4 members (excludes halogenated alkanes) is 3. The highest BCUT2D eigenvalue weighted by atomic mass is 16.6. The van der Waals surface area contributed by atoms with Crippen LogP contribution < -0.4 is 0 Å². The van der Waals surface area contributed by atoms with Crippen LogP contribution in [0.2, 0.25) is 0 Å². The topological polar surface area (TPSA) is 73.3 Å². The van der Waals surface area contributed by atoms with E-state index in [9.17, 15) is 10.0 Å². The molecular formula is C18H25NO4. The van der Waals surface area contributed by atoms with Crippen LogP contribution in [0.25, 0.3) is 0 Å². The van der Waals surface area contributed by atoms with Crippen LogP contribution in [0, 0.1) is 5.92 Å². The van der Waals surface area contributed by atoms with Gasteiger partial charge in [0.2, 0.25) is 0 Å². The van der Waals surface area contributed by atoms with Crippen molar-refractivity contribution in [3.8, 4) is 0 Å². The zero-order valence-electron chi connectivity index (χ0n) is 13.5. The Kier molecular flexibility index (Phi) is 4.71. The summed E-state index contributed by atoms with van der Waals surface area (Å²) in [6.07, 6.45) is 14.4. The molecule has 2 saturated heterocycles. The first-order valence-electron chi connectivity index (χ1n) is 8.53. The predicted octanol–water partition coefficient (Wildman–Crippen LogP) is 2.92. The van der Waals surface area contributed by atoms with E-state index >= 15 is 0 Å². The number of rotatable bonds is 7. The molecule has 3 rings (SSSR count). The van der Waals surface area contributed by atoms with E-state index in [1.165, 1.54) is 36.8 Å². The third kappa shape index (κ3) is 3.01. The van der Waals surface area contributed by atoms with Crippen LogP contribution in [0.3, 0.4) is 0 Å². The molecule has 1 spiro atoms. The number of carboxylic acids is 1. The van der Waals surface area contributed by atoms with Gasteiger partial charge in [-0.15, -0.1) is 0 Å². The SMILES string of the molecule is CCCCCC[C@H]1CN(O)[C@H]2C=C/C(=C\C=C\C(=O)O)[C@]23O[C@H]13. The largest absolute Gasteiger partial charge is 0.478 e. The van der Waals surface area contributed by atoms with Crippen molar-refractivity contribution < 1.29 is 19.8 Å². The van der Waals surface area contributed by atoms with E-state index in [-0.39, 0.29) is 12.1 Å². The van der Waals surface area contributed by atoms with Crippen LogP contribution in [0.15, 0.2) is 36.0 Å². The van der Waals surface area contributed by atoms with E-state index in [4.69, 9.17) is 9.84 Å². The molecule has 4 atom stereocenters. The maximum Gasteiger partial charge on any atom is 0.328 e. The molecule has 23 heavy (non-hydrogen) atoms. The van der Waals surface area contributed by atoms with Crippen LogP contribution in [-0.2, 0) is 9.53 Å². The predicted molar refractivity (Wildman–Crippen MR) is 86.1 cm³/mol. The van der Waals surface area contributed by atoms with Crippen LogP contribution in [0.4, 0.5) is 0 Å². The Morgan fingerprint density at radius 3 is 3.04 bits per heavy atom. The second kappa shape index (κ2) is 6.59. The summed E-state index contributed by atoms with van der Waals surface area (Å²) in [5.74, 6) is -0.632. The van der Waals surface area contributed by atoms with Crippen molar-refractivity contribution in [1.29, 1.82) is 0 Å². The number of aliphatic carboxylic acids is 1. The average Bonchev–Trinajstić information content (AvgIpc) is 3.14. The number of hydrogen-bond donors (Lipinski definition) is 2. The minimum atomic E-state index is -0.965. The molecule has 0 amide bonds. The van der Waals surface area contributed by atoms with Crippen molar-refractivity contribution in [1.82, 2.24) is 5.06 Å². The summed E-state index contributed by atoms with van der Waals surface area (Å²) in [5, 5.41) is 20.4. The zero-order chi connectivity index (χ0) is 16.4. The molecule has 5 heteroatoms. The number of piperidine rings is 1. The lowest BCUT2D eigenvalue weighted by molar-refractivity contribution is -0.141. The molecular weight excluding hydrogens is 294 g/mol. The Hall–Kier alpha value is -1.43. The number of hydrogen-bond acceptors (Lipinski definition) is 4. The lowest BCUT2D eigenvalue weighted by Crippen LogP contribution is -2.50. The number of ether oxygens (including phenoxy) is 1. The van der Waals surface area contributed by atoms with Gasteiger partial charge in [-0.1, -0.05) is 56.9 Å². The van der Waals surface area contributed by atoms with Crippen molar-refractivity contribution >= 4 is 5.97 Å². The van der Waals surface area contributed by atoms with E-state index in [0.29, 0.717) is 12.5 Å². The summed E-state index contributed by atoms with van der Waals surface area (Å²) >= 11 is 0. The fourth-order valence-corrected chi connectivity index (χ4v) is 4.00. The Balaban J connectivity index is 1.69. The maximum absolute atomic E-state index is 10.6. The van der Waals surface area contributed by atoms with Gasteiger partial charge in [-0.25, -0.2) is 4.79 Å². The smallest absolute Gasteiger partial charge is 0.328 e. The lowest BCUT2D eigenvalue weighted by Gasteiger charge is -2.34. The molecule has 3 aliphatic rings. The summed E-state index contributed by atoms with van der Waals surface area (Å²) in [6, 6.07) is -0.149. The Bertz CT molecular complexity index is 553. The zero-order valence-corrected chi connectivity index (χ0v) is 13.5. The van der Waals surface area contributed by atoms with Gasteiger partial charge in [-0.05, 0) is 12.0 Å². The van der Waals surface area contributed by atoms with Crippen molar-refractivity contribution in [3.05, 3.63) is 36.0 Å². The van der Waals surface area contributed by atoms with Gasteiger partial charge >= 0.3 is 5.97 Å². The molecule has 5 nitrogen and oxygen atoms in total. The third-order valence-corrected chi connectivity index (χ3v) is 5.15. The fraction of sp³-hybridized carbons (Fsp3) is 0.611. The number of allylic oxidation sites excluding steroid dienone is 2. The lowest BCUT2D eigenvalue weighted by atomic mass is 9.81. The normalized spacial score (nSPS) is 37.3. The van der Waals surface area contributed by atoms with Crippen molar-refractivity contribution in [2.24, 2.45) is 5.92 Å². The summed E-state index contributed by atoms with van der Waals surface area (Å²) in [5.41, 5.74) is 0.493. The molecule has 0 aromatic heterocycles. The molecule has 2 fully saturated rings. The number of carboxylic acid groups (broad SMARTS) is 1. The molecule has 0 unspecified atom stereocenters. The summed E-state index contributed by atoms with van der Waals surface area (Å²) in [6.45, 7) is 2.84. The van der Waals surface area contributed by atoms with Crippen molar-refractivity contribution in [2.75, 3.05) is 6.54 Å². The highest BCUT2D eigenvalue weighted by Crippen LogP contribution is 2.58. The Labute approximate surface area is 136 Å². The minimum absolute atomic E-state index is 0.136. The van der Waals surface area contributed by atoms with Gasteiger partial charge in [-0.2, -0.15) is 5.06 Å². The highest BCUT2D eigenvalue weighted by Gasteiger charge is 2.70. The molecule has 2 aliphatic heterocycles. The second-order valence-corrected chi connectivity index (χ2v) is 6.69. The summed E-state index contributed by atoms with van der Waals surface area (Å²) < 4.78 is 6.09. The molecule has 0 aromatic carbocycles. The van der Waals surface area contributed by atoms with Gasteiger partial charge in [0.25, 0.3) is 0 Å². The van der Waals surface area contributed by atoms with Crippen molar-refractivity contribution in [2.45, 2.75) is 56.8 Å². The van der Waals surface area contributed by atoms with Gasteiger partial charge in [0.15, 0.2) is 0 Å². The molecule has 0 radical (unpaired) electrons. The molecule has 126 valence electrons. The Morgan fingerprint density at radius 2 is 2.30 bits per heavy atom. The number of carbonyl (C=O) groups is 1. The third-order valence-electron chi connectivity index (χ3n) is 5.15. The maximum atomic E-state index is 10.6. The van der Waals surface area contributed by atoms with Crippen LogP contribution in [-0.4, -0.2) is 45.6 Å².